The Balaban J connectivity index is 1.66. The van der Waals surface area contributed by atoms with Gasteiger partial charge in [-0.1, -0.05) is 24.3 Å². The third kappa shape index (κ3) is 5.83. The lowest BCUT2D eigenvalue weighted by Crippen LogP contribution is -2.13. The van der Waals surface area contributed by atoms with Crippen LogP contribution >= 0.6 is 0 Å². The molecule has 10 heteroatoms. The van der Waals surface area contributed by atoms with Crippen LogP contribution in [0.1, 0.15) is 17.3 Å². The van der Waals surface area contributed by atoms with E-state index in [2.05, 4.69) is 5.32 Å². The molecule has 8 nitrogen and oxygen atoms in total. The van der Waals surface area contributed by atoms with Crippen LogP contribution < -0.4 is 19.5 Å². The first-order valence-corrected chi connectivity index (χ1v) is 12.7. The molecule has 0 bridgehead atoms. The number of nitrogens with zero attached hydrogens (tertiary/aromatic N) is 2. The first kappa shape index (κ1) is 28.0. The summed E-state index contributed by atoms with van der Waals surface area (Å²) in [5, 5.41) is 7.46. The van der Waals surface area contributed by atoms with E-state index in [1.54, 1.807) is 48.5 Å². The van der Waals surface area contributed by atoms with Crippen molar-refractivity contribution in [3.63, 3.8) is 0 Å². The Morgan fingerprint density at radius 1 is 0.810 bits per heavy atom. The molecule has 4 aromatic carbocycles. The van der Waals surface area contributed by atoms with Crippen molar-refractivity contribution in [3.8, 4) is 45.5 Å². The minimum absolute atomic E-state index is 0.0893. The van der Waals surface area contributed by atoms with Crippen molar-refractivity contribution in [2.75, 3.05) is 19.5 Å². The third-order valence-electron chi connectivity index (χ3n) is 6.33. The van der Waals surface area contributed by atoms with Crippen molar-refractivity contribution in [1.82, 2.24) is 9.78 Å². The highest BCUT2D eigenvalue weighted by Crippen LogP contribution is 2.43. The molecular formula is C32H25F2N3O5. The Morgan fingerprint density at radius 2 is 1.45 bits per heavy atom. The summed E-state index contributed by atoms with van der Waals surface area (Å²) in [6.07, 6.45) is 0. The van der Waals surface area contributed by atoms with Gasteiger partial charge in [0.2, 0.25) is 5.88 Å². The number of rotatable bonds is 8. The van der Waals surface area contributed by atoms with E-state index in [0.717, 1.165) is 0 Å². The molecule has 1 N–H and O–H groups in total. The Labute approximate surface area is 240 Å². The monoisotopic (exact) mass is 569 g/mol. The number of halogens is 2. The van der Waals surface area contributed by atoms with Crippen LogP contribution in [-0.4, -0.2) is 35.9 Å². The average molecular weight is 570 g/mol. The maximum Gasteiger partial charge on any atom is 0.309 e. The standard InChI is InChI=1S/C32H25F2N3O5/c1-19(38)42-32-29(20-8-12-23(13-9-20)35-31(39)27-6-4-5-7-28(27)34)30(21-16-25(40-2)18-26(17-21)41-3)36-37(32)24-14-10-22(33)11-15-24/h4-18H,1-3H3,(H,35,39). The summed E-state index contributed by atoms with van der Waals surface area (Å²) in [5.74, 6) is -1.17. The summed E-state index contributed by atoms with van der Waals surface area (Å²) in [6.45, 7) is 1.27. The minimum atomic E-state index is -0.635. The lowest BCUT2D eigenvalue weighted by Gasteiger charge is -2.11. The van der Waals surface area contributed by atoms with Gasteiger partial charge in [0.05, 0.1) is 31.0 Å². The third-order valence-corrected chi connectivity index (χ3v) is 6.33. The minimum Gasteiger partial charge on any atom is -0.497 e. The summed E-state index contributed by atoms with van der Waals surface area (Å²) in [7, 11) is 3.05. The van der Waals surface area contributed by atoms with Gasteiger partial charge in [-0.15, -0.1) is 0 Å². The van der Waals surface area contributed by atoms with Gasteiger partial charge in [-0.2, -0.15) is 9.78 Å². The van der Waals surface area contributed by atoms with Crippen molar-refractivity contribution in [1.29, 1.82) is 0 Å². The fraction of sp³-hybridized carbons (Fsp3) is 0.0938. The number of amides is 1. The van der Waals surface area contributed by atoms with Gasteiger partial charge in [-0.3, -0.25) is 9.59 Å². The lowest BCUT2D eigenvalue weighted by molar-refractivity contribution is -0.132. The van der Waals surface area contributed by atoms with Crippen LogP contribution in [0.5, 0.6) is 17.4 Å². The second-order valence-electron chi connectivity index (χ2n) is 9.12. The highest BCUT2D eigenvalue weighted by atomic mass is 19.1. The number of carbonyl (C=O) groups excluding carboxylic acids is 2. The SMILES string of the molecule is COc1cc(OC)cc(-c2nn(-c3ccc(F)cc3)c(OC(C)=O)c2-c2ccc(NC(=O)c3ccccc3F)cc2)c1. The fourth-order valence-corrected chi connectivity index (χ4v) is 4.36. The summed E-state index contributed by atoms with van der Waals surface area (Å²) in [4.78, 5) is 24.9. The number of ether oxygens (including phenoxy) is 3. The van der Waals surface area contributed by atoms with Crippen LogP contribution in [0.4, 0.5) is 14.5 Å². The van der Waals surface area contributed by atoms with Gasteiger partial charge in [0.1, 0.15) is 28.8 Å². The van der Waals surface area contributed by atoms with Gasteiger partial charge in [0, 0.05) is 24.2 Å². The van der Waals surface area contributed by atoms with Gasteiger partial charge >= 0.3 is 5.97 Å². The Hall–Kier alpha value is -5.51. The van der Waals surface area contributed by atoms with E-state index in [1.165, 1.54) is 68.3 Å². The molecule has 0 fully saturated rings. The second kappa shape index (κ2) is 11.9. The first-order valence-electron chi connectivity index (χ1n) is 12.7. The molecule has 212 valence electrons. The number of anilines is 1. The average Bonchev–Trinajstić information content (AvgIpc) is 3.36. The number of methoxy groups -OCH3 is 2. The molecule has 42 heavy (non-hydrogen) atoms. The van der Waals surface area contributed by atoms with Crippen LogP contribution in [-0.2, 0) is 4.79 Å². The summed E-state index contributed by atoms with van der Waals surface area (Å²) in [5.41, 5.74) is 2.80. The van der Waals surface area contributed by atoms with Gasteiger partial charge in [-0.25, -0.2) is 8.78 Å². The van der Waals surface area contributed by atoms with Crippen molar-refractivity contribution >= 4 is 17.6 Å². The summed E-state index contributed by atoms with van der Waals surface area (Å²) in [6, 6.07) is 23.1. The molecule has 5 aromatic rings. The molecule has 5 rings (SSSR count). The van der Waals surface area contributed by atoms with E-state index in [0.29, 0.717) is 45.3 Å². The highest BCUT2D eigenvalue weighted by molar-refractivity contribution is 6.04. The quantitative estimate of drug-likeness (QED) is 0.210. The largest absolute Gasteiger partial charge is 0.497 e. The van der Waals surface area contributed by atoms with Crippen LogP contribution in [0.2, 0.25) is 0 Å². The van der Waals surface area contributed by atoms with Crippen molar-refractivity contribution in [2.24, 2.45) is 0 Å². The molecule has 0 radical (unpaired) electrons. The van der Waals surface area contributed by atoms with Crippen LogP contribution in [0, 0.1) is 11.6 Å². The topological polar surface area (TPSA) is 91.7 Å². The summed E-state index contributed by atoms with van der Waals surface area (Å²) < 4.78 is 45.9. The van der Waals surface area contributed by atoms with Crippen molar-refractivity contribution in [2.45, 2.75) is 6.92 Å². The van der Waals surface area contributed by atoms with E-state index >= 15 is 0 Å². The van der Waals surface area contributed by atoms with Gasteiger partial charge in [-0.05, 0) is 66.2 Å². The molecule has 1 amide bonds. The van der Waals surface area contributed by atoms with E-state index < -0.39 is 23.5 Å². The molecule has 1 heterocycles. The molecular weight excluding hydrogens is 544 g/mol. The molecule has 0 aliphatic rings. The molecule has 0 aliphatic heterocycles. The van der Waals surface area contributed by atoms with Crippen LogP contribution in [0.25, 0.3) is 28.1 Å². The van der Waals surface area contributed by atoms with Crippen LogP contribution in [0.15, 0.2) is 91.0 Å². The van der Waals surface area contributed by atoms with E-state index in [9.17, 15) is 18.4 Å². The lowest BCUT2D eigenvalue weighted by atomic mass is 10.0. The van der Waals surface area contributed by atoms with Crippen molar-refractivity contribution in [3.05, 3.63) is 108 Å². The predicted molar refractivity (Wildman–Crippen MR) is 153 cm³/mol. The second-order valence-corrected chi connectivity index (χ2v) is 9.12. The number of nitrogens with one attached hydrogen (secondary N) is 1. The Bertz CT molecular complexity index is 1740. The number of esters is 1. The maximum atomic E-state index is 14.1. The summed E-state index contributed by atoms with van der Waals surface area (Å²) >= 11 is 0. The van der Waals surface area contributed by atoms with Crippen molar-refractivity contribution < 1.29 is 32.6 Å². The van der Waals surface area contributed by atoms with Gasteiger partial charge in [0.15, 0.2) is 0 Å². The fourth-order valence-electron chi connectivity index (χ4n) is 4.36. The zero-order valence-corrected chi connectivity index (χ0v) is 22.9. The smallest absolute Gasteiger partial charge is 0.309 e. The molecule has 0 atom stereocenters. The van der Waals surface area contributed by atoms with Gasteiger partial charge in [0.25, 0.3) is 5.91 Å². The zero-order chi connectivity index (χ0) is 29.8. The first-order chi connectivity index (χ1) is 20.3. The Morgan fingerprint density at radius 3 is 2.05 bits per heavy atom. The number of aromatic nitrogens is 2. The normalized spacial score (nSPS) is 10.7. The zero-order valence-electron chi connectivity index (χ0n) is 22.9. The molecule has 0 aliphatic carbocycles. The Kier molecular flexibility index (Phi) is 7.96. The van der Waals surface area contributed by atoms with E-state index in [-0.39, 0.29) is 11.4 Å². The molecule has 0 saturated heterocycles. The molecule has 0 spiro atoms. The maximum absolute atomic E-state index is 14.1. The number of benzene rings is 4. The van der Waals surface area contributed by atoms with Gasteiger partial charge < -0.3 is 19.5 Å². The highest BCUT2D eigenvalue weighted by Gasteiger charge is 2.25. The predicted octanol–water partition coefficient (Wildman–Crippen LogP) is 6.68. The number of hydrogen-bond acceptors (Lipinski definition) is 6. The van der Waals surface area contributed by atoms with Crippen LogP contribution in [0.3, 0.4) is 0 Å². The van der Waals surface area contributed by atoms with E-state index in [1.807, 2.05) is 0 Å². The molecule has 1 aromatic heterocycles. The van der Waals surface area contributed by atoms with E-state index in [4.69, 9.17) is 19.3 Å². The molecule has 0 unspecified atom stereocenters. The number of carbonyl (C=O) groups is 2. The molecule has 0 saturated carbocycles. The number of hydrogen-bond donors (Lipinski definition) is 1.